The Labute approximate surface area is 887 Å². The molecule has 0 radical (unpaired) electrons. The zero-order valence-corrected chi connectivity index (χ0v) is 89.0. The molecular weight excluding hydrogens is 2010 g/mol. The average molecular weight is 2130 g/mol. The summed E-state index contributed by atoms with van der Waals surface area (Å²) in [4.78, 5) is 109. The lowest BCUT2D eigenvalue weighted by molar-refractivity contribution is -0.139. The van der Waals surface area contributed by atoms with Crippen molar-refractivity contribution < 1.29 is 79.7 Å². The summed E-state index contributed by atoms with van der Waals surface area (Å²) in [6.45, 7) is 34.7. The van der Waals surface area contributed by atoms with Gasteiger partial charge in [0.1, 0.15) is 59.8 Å². The molecule has 149 heavy (non-hydrogen) atoms. The highest BCUT2D eigenvalue weighted by Gasteiger charge is 2.44. The monoisotopic (exact) mass is 2130 g/mol. The Kier molecular flexibility index (Phi) is 36.3. The Bertz CT molecular complexity index is 6540. The fourth-order valence-corrected chi connectivity index (χ4v) is 21.1. The number of alkyl halides is 3. The Hall–Kier alpha value is -12.5. The van der Waals surface area contributed by atoms with Gasteiger partial charge in [-0.05, 0) is 148 Å². The van der Waals surface area contributed by atoms with Gasteiger partial charge in [-0.2, -0.15) is 13.2 Å². The van der Waals surface area contributed by atoms with Crippen LogP contribution in [0.1, 0.15) is 168 Å². The number of hydrogen-bond donors (Lipinski definition) is 1. The first-order chi connectivity index (χ1) is 71.8. The third-order valence-corrected chi connectivity index (χ3v) is 29.2. The van der Waals surface area contributed by atoms with Crippen LogP contribution in [0.2, 0.25) is 5.02 Å². The van der Waals surface area contributed by atoms with Crippen molar-refractivity contribution in [3.63, 3.8) is 0 Å². The molecule has 3 fully saturated rings. The average Bonchev–Trinajstić information content (AvgIpc) is 0.765. The van der Waals surface area contributed by atoms with Crippen molar-refractivity contribution >= 4 is 117 Å². The van der Waals surface area contributed by atoms with Gasteiger partial charge in [-0.25, -0.2) is 76.6 Å². The molecular formula is C110H120ClF4N17O13S4. The minimum atomic E-state index is -4.50. The molecule has 8 aliphatic heterocycles. The van der Waals surface area contributed by atoms with Crippen LogP contribution in [0.3, 0.4) is 0 Å². The number of aliphatic hydroxyl groups is 1. The van der Waals surface area contributed by atoms with Crippen LogP contribution in [0, 0.1) is 25.9 Å². The molecule has 0 bridgehead atoms. The molecule has 4 unspecified atom stereocenters. The number of aromatic nitrogens is 8. The summed E-state index contributed by atoms with van der Waals surface area (Å²) >= 11 is 12.3. The summed E-state index contributed by atoms with van der Waals surface area (Å²) in [6.07, 6.45) is 4.93. The number of rotatable bonds is 19. The quantitative estimate of drug-likeness (QED) is 0.0258. The van der Waals surface area contributed by atoms with Crippen LogP contribution in [-0.2, 0) is 109 Å². The number of hydrogen-bond acceptors (Lipinski definition) is 28. The molecule has 30 nitrogen and oxygen atoms in total. The molecule has 1 N–H and O–H groups in total. The van der Waals surface area contributed by atoms with Crippen molar-refractivity contribution in [1.29, 1.82) is 0 Å². The largest absolute Gasteiger partial charge is 0.445 e. The third kappa shape index (κ3) is 26.9. The maximum Gasteiger partial charge on any atom is 0.416 e. The minimum absolute atomic E-state index is 0.0284. The summed E-state index contributed by atoms with van der Waals surface area (Å²) in [6, 6.07) is 50.7. The van der Waals surface area contributed by atoms with Gasteiger partial charge in [0.25, 0.3) is 0 Å². The van der Waals surface area contributed by atoms with E-state index in [1.54, 1.807) is 76.4 Å². The Morgan fingerprint density at radius 1 is 0.463 bits per heavy atom. The lowest BCUT2D eigenvalue weighted by Crippen LogP contribution is -2.57. The number of nitrogens with zero attached hydrogens (tertiary/aromatic N) is 17. The van der Waals surface area contributed by atoms with Crippen molar-refractivity contribution in [3.05, 3.63) is 305 Å². The van der Waals surface area contributed by atoms with Gasteiger partial charge in [0.05, 0.1) is 97.5 Å². The molecule has 4 amide bonds. The van der Waals surface area contributed by atoms with E-state index < -0.39 is 59.5 Å². The number of anilines is 3. The Morgan fingerprint density at radius 2 is 0.893 bits per heavy atom. The molecule has 11 aromatic rings. The number of carbonyl (C=O) groups is 4. The summed E-state index contributed by atoms with van der Waals surface area (Å²) in [5, 5.41) is 15.9. The first kappa shape index (κ1) is 109. The van der Waals surface area contributed by atoms with Crippen molar-refractivity contribution in [2.75, 3.05) is 131 Å². The second-order valence-electron chi connectivity index (χ2n) is 38.7. The number of aliphatic hydroxyl groups excluding tert-OH is 1. The van der Waals surface area contributed by atoms with E-state index in [4.69, 9.17) is 92.5 Å². The summed E-state index contributed by atoms with van der Waals surface area (Å²) < 4.78 is 102. The van der Waals surface area contributed by atoms with E-state index in [-0.39, 0.29) is 101 Å². The van der Waals surface area contributed by atoms with Crippen LogP contribution in [0.15, 0.2) is 197 Å². The molecule has 7 atom stereocenters. The number of thioether (sulfide) groups is 4. The van der Waals surface area contributed by atoms with Crippen molar-refractivity contribution in [2.24, 2.45) is 0 Å². The van der Waals surface area contributed by atoms with Crippen LogP contribution >= 0.6 is 58.6 Å². The zero-order valence-electron chi connectivity index (χ0n) is 84.9. The van der Waals surface area contributed by atoms with Gasteiger partial charge < -0.3 is 77.2 Å². The van der Waals surface area contributed by atoms with Gasteiger partial charge in [-0.15, -0.1) is 0 Å². The lowest BCUT2D eigenvalue weighted by Gasteiger charge is -2.42. The molecule has 3 saturated heterocycles. The van der Waals surface area contributed by atoms with Gasteiger partial charge in [0.2, 0.25) is 13.1 Å². The number of benzene rings is 7. The Morgan fingerprint density at radius 3 is 1.38 bits per heavy atom. The second kappa shape index (κ2) is 49.5. The SMILES string of the molecule is CSc1nc2c(c(C3=CCN(C(=O)OC(C)(C)C)CC3)n1)COC(c1cccc3cccc(C)c13)C2.CSc1nc2c(c(N3CCN(C(=O)OC(C)(C)C)C[C@@H]3CO)n1)COC(c1ccccc1C(F)(F)F)C2.[C-]#[N+]C[C@H]1CN(c2nc(SC)nc3c2COC(c2ccccc2Cl)C3)CCN1C(=O)OCc1ccccc1.[C-]#[N+]C[C@H]1CN(c2nc(SC)nc3c2COC(c2ccccc2F)C3)CCN1C(=O)OCc1ccccc1. The predicted octanol–water partition coefficient (Wildman–Crippen LogP) is 21.3. The van der Waals surface area contributed by atoms with Gasteiger partial charge in [-0.1, -0.05) is 216 Å². The first-order valence-electron chi connectivity index (χ1n) is 49.3. The standard InChI is InChI=1S/C29H33N3O3S.C28H28ClN5O3S.C28H28FN5O3S.C25H31F3N4O4S/c1-18-8-6-9-19-10-7-11-21(25(18)19)24-16-23-22(17-34-24)26(31-27(30-23)36-5)20-12-14-32(15-13-20)28(33)35-29(2,3)4;2*1-30-15-20-16-33(12-13-34(20)28(35)37-17-19-8-4-3-5-9-19)26-22-18-36-25(21-10-6-7-11-23(21)29)14-24(22)31-27(32-26)38-2;1-24(2,3)36-23(34)31-9-10-32(15(12-31)13-33)21-17-14-35-20(11-19(17)29-22(30-21)37-4)16-7-5-6-8-18(16)25(26,27)28/h6-12,24H,13-17H2,1-5H3;2*3-11,20,25H,12-18H2,2H3;5-8,15,20,33H,9-14H2,1-4H3/t;2*20-,25?;15-,20?/m.001/s1. The maximum absolute atomic E-state index is 14.4. The van der Waals surface area contributed by atoms with Crippen molar-refractivity contribution in [3.8, 4) is 0 Å². The fourth-order valence-electron chi connectivity index (χ4n) is 19.3. The molecule has 0 saturated carbocycles. The van der Waals surface area contributed by atoms with E-state index in [0.717, 1.165) is 91.0 Å². The number of ether oxygens (including phenoxy) is 8. The number of aryl methyl sites for hydroxylation is 1. The van der Waals surface area contributed by atoms with E-state index >= 15 is 0 Å². The normalized spacial score (nSPS) is 19.1. The maximum atomic E-state index is 14.4. The molecule has 782 valence electrons. The molecule has 4 aromatic heterocycles. The summed E-state index contributed by atoms with van der Waals surface area (Å²) in [5.74, 6) is 1.83. The molecule has 19 rings (SSSR count). The van der Waals surface area contributed by atoms with Crippen LogP contribution in [0.4, 0.5) is 54.2 Å². The van der Waals surface area contributed by atoms with Gasteiger partial charge in [0, 0.05) is 131 Å². The first-order valence-corrected chi connectivity index (χ1v) is 54.5. The lowest BCUT2D eigenvalue weighted by atomic mass is 9.91. The van der Waals surface area contributed by atoms with Crippen LogP contribution in [0.5, 0.6) is 0 Å². The van der Waals surface area contributed by atoms with Crippen LogP contribution in [0.25, 0.3) is 26.0 Å². The highest BCUT2D eigenvalue weighted by molar-refractivity contribution is 7.99. The smallest absolute Gasteiger partial charge is 0.416 e. The Balaban J connectivity index is 0.000000142. The van der Waals surface area contributed by atoms with Crippen LogP contribution in [-0.4, -0.2) is 235 Å². The number of piperazine rings is 3. The van der Waals surface area contributed by atoms with E-state index in [0.29, 0.717) is 141 Å². The zero-order chi connectivity index (χ0) is 105. The molecule has 0 spiro atoms. The number of halogens is 5. The van der Waals surface area contributed by atoms with Crippen molar-refractivity contribution in [2.45, 2.75) is 201 Å². The molecule has 0 aliphatic carbocycles. The highest BCUT2D eigenvalue weighted by Crippen LogP contribution is 2.46. The minimum Gasteiger partial charge on any atom is -0.445 e. The molecule has 12 heterocycles. The third-order valence-electron chi connectivity index (χ3n) is 26.6. The number of fused-ring (bicyclic) bond motifs is 5. The summed E-state index contributed by atoms with van der Waals surface area (Å²) in [7, 11) is 0. The van der Waals surface area contributed by atoms with E-state index in [2.05, 4.69) is 78.9 Å². The summed E-state index contributed by atoms with van der Waals surface area (Å²) in [5.41, 5.74) is 13.1. The molecule has 8 aliphatic rings. The van der Waals surface area contributed by atoms with Crippen LogP contribution < -0.4 is 14.7 Å². The molecule has 39 heteroatoms. The number of carbonyl (C=O) groups excluding carboxylic acids is 4. The van der Waals surface area contributed by atoms with E-state index in [1.165, 1.54) is 75.4 Å². The molecule has 7 aromatic carbocycles. The van der Waals surface area contributed by atoms with Gasteiger partial charge >= 0.3 is 30.5 Å². The number of amides is 4. The topological polar surface area (TPSA) is 297 Å². The second-order valence-corrected chi connectivity index (χ2v) is 42.2. The van der Waals surface area contributed by atoms with Gasteiger partial charge in [-0.3, -0.25) is 9.80 Å². The predicted molar refractivity (Wildman–Crippen MR) is 566 cm³/mol. The van der Waals surface area contributed by atoms with E-state index in [9.17, 15) is 41.8 Å². The van der Waals surface area contributed by atoms with Gasteiger partial charge in [0.15, 0.2) is 20.6 Å². The highest BCUT2D eigenvalue weighted by atomic mass is 35.5. The van der Waals surface area contributed by atoms with E-state index in [1.807, 2.05) is 136 Å². The fraction of sp³-hybridized carbons (Fsp3) is 0.418. The van der Waals surface area contributed by atoms with Crippen molar-refractivity contribution in [1.82, 2.24) is 59.5 Å².